The van der Waals surface area contributed by atoms with E-state index in [2.05, 4.69) is 0 Å². The van der Waals surface area contributed by atoms with Crippen LogP contribution in [-0.4, -0.2) is 21.3 Å². The Labute approximate surface area is 86.8 Å². The van der Waals surface area contributed by atoms with Gasteiger partial charge in [-0.15, -0.1) is 0 Å². The number of hydrogen-bond donors (Lipinski definition) is 4. The van der Waals surface area contributed by atoms with Crippen LogP contribution in [0, 0.1) is 0 Å². The number of rotatable bonds is 4. The summed E-state index contributed by atoms with van der Waals surface area (Å²) in [5, 5.41) is 26.8. The number of aliphatic carboxylic acids is 1. The van der Waals surface area contributed by atoms with Crippen LogP contribution in [0.4, 0.5) is 0 Å². The van der Waals surface area contributed by atoms with E-state index in [-0.39, 0.29) is 18.8 Å². The Balaban J connectivity index is 2.87. The van der Waals surface area contributed by atoms with Crippen molar-refractivity contribution in [2.24, 2.45) is 5.73 Å². The number of nitrogens with two attached hydrogens (primary N) is 1. The molecule has 5 N–H and O–H groups in total. The lowest BCUT2D eigenvalue weighted by atomic mass is 10.0. The Hall–Kier alpha value is -1.59. The average Bonchev–Trinajstić information content (AvgIpc) is 2.16. The van der Waals surface area contributed by atoms with Crippen molar-refractivity contribution in [3.05, 3.63) is 29.3 Å². The summed E-state index contributed by atoms with van der Waals surface area (Å²) in [4.78, 5) is 10.4. The van der Waals surface area contributed by atoms with E-state index in [1.807, 2.05) is 0 Å². The third-order valence-corrected chi connectivity index (χ3v) is 2.10. The highest BCUT2D eigenvalue weighted by Gasteiger charge is 2.12. The molecule has 0 bridgehead atoms. The van der Waals surface area contributed by atoms with E-state index in [9.17, 15) is 9.90 Å². The van der Waals surface area contributed by atoms with Crippen LogP contribution in [-0.2, 0) is 11.4 Å². The number of aliphatic hydroxyl groups is 1. The minimum atomic E-state index is -0.992. The molecule has 0 aliphatic carbocycles. The third kappa shape index (κ3) is 2.93. The van der Waals surface area contributed by atoms with Gasteiger partial charge in [0.2, 0.25) is 0 Å². The zero-order chi connectivity index (χ0) is 11.4. The van der Waals surface area contributed by atoms with Crippen LogP contribution in [0.5, 0.6) is 5.75 Å². The zero-order valence-corrected chi connectivity index (χ0v) is 8.05. The number of carbonyl (C=O) groups is 1. The highest BCUT2D eigenvalue weighted by atomic mass is 16.4. The first-order chi connectivity index (χ1) is 7.04. The highest BCUT2D eigenvalue weighted by molar-refractivity contribution is 5.68. The molecule has 1 aromatic rings. The largest absolute Gasteiger partial charge is 0.508 e. The van der Waals surface area contributed by atoms with Crippen molar-refractivity contribution in [3.63, 3.8) is 0 Å². The normalized spacial score (nSPS) is 12.4. The molecule has 1 rings (SSSR count). The van der Waals surface area contributed by atoms with Crippen LogP contribution in [0.2, 0.25) is 0 Å². The fourth-order valence-electron chi connectivity index (χ4n) is 1.25. The molecule has 1 aromatic carbocycles. The number of hydrogen-bond acceptors (Lipinski definition) is 4. The van der Waals surface area contributed by atoms with Gasteiger partial charge in [0, 0.05) is 11.6 Å². The van der Waals surface area contributed by atoms with Crippen molar-refractivity contribution in [1.82, 2.24) is 0 Å². The molecule has 0 aliphatic heterocycles. The van der Waals surface area contributed by atoms with E-state index in [0.29, 0.717) is 11.1 Å². The van der Waals surface area contributed by atoms with E-state index in [0.717, 1.165) is 0 Å². The number of aromatic hydroxyl groups is 1. The second-order valence-electron chi connectivity index (χ2n) is 3.25. The predicted molar refractivity (Wildman–Crippen MR) is 53.2 cm³/mol. The topological polar surface area (TPSA) is 104 Å². The van der Waals surface area contributed by atoms with E-state index in [4.69, 9.17) is 15.9 Å². The zero-order valence-electron chi connectivity index (χ0n) is 8.05. The van der Waals surface area contributed by atoms with Gasteiger partial charge in [-0.3, -0.25) is 4.79 Å². The first-order valence-electron chi connectivity index (χ1n) is 4.44. The van der Waals surface area contributed by atoms with Crippen LogP contribution in [0.25, 0.3) is 0 Å². The summed E-state index contributed by atoms with van der Waals surface area (Å²) >= 11 is 0. The lowest BCUT2D eigenvalue weighted by molar-refractivity contribution is -0.137. The molecule has 0 heterocycles. The summed E-state index contributed by atoms with van der Waals surface area (Å²) in [6, 6.07) is 3.84. The second kappa shape index (κ2) is 4.77. The minimum Gasteiger partial charge on any atom is -0.508 e. The quantitative estimate of drug-likeness (QED) is 0.575. The number of benzene rings is 1. The molecule has 0 aromatic heterocycles. The minimum absolute atomic E-state index is 0.0733. The first kappa shape index (κ1) is 11.5. The van der Waals surface area contributed by atoms with Gasteiger partial charge in [-0.1, -0.05) is 12.1 Å². The number of carboxylic acids is 1. The van der Waals surface area contributed by atoms with Crippen LogP contribution in [0.15, 0.2) is 18.2 Å². The first-order valence-corrected chi connectivity index (χ1v) is 4.44. The van der Waals surface area contributed by atoms with Crippen molar-refractivity contribution in [1.29, 1.82) is 0 Å². The highest BCUT2D eigenvalue weighted by Crippen LogP contribution is 2.23. The van der Waals surface area contributed by atoms with Crippen molar-refractivity contribution in [3.8, 4) is 5.75 Å². The van der Waals surface area contributed by atoms with Crippen molar-refractivity contribution in [2.75, 3.05) is 0 Å². The molecule has 0 saturated carbocycles. The summed E-state index contributed by atoms with van der Waals surface area (Å²) in [5.74, 6) is -1.07. The van der Waals surface area contributed by atoms with E-state index < -0.39 is 12.0 Å². The van der Waals surface area contributed by atoms with E-state index >= 15 is 0 Å². The van der Waals surface area contributed by atoms with Crippen molar-refractivity contribution in [2.45, 2.75) is 19.1 Å². The Bertz CT molecular complexity index is 364. The summed E-state index contributed by atoms with van der Waals surface area (Å²) in [6.45, 7) is -0.264. The fraction of sp³-hybridized carbons (Fsp3) is 0.300. The number of aliphatic hydroxyl groups excluding tert-OH is 1. The predicted octanol–water partition coefficient (Wildman–Crippen LogP) is 0.359. The maximum absolute atomic E-state index is 10.4. The molecule has 0 saturated heterocycles. The second-order valence-corrected chi connectivity index (χ2v) is 3.25. The fourth-order valence-corrected chi connectivity index (χ4v) is 1.25. The van der Waals surface area contributed by atoms with Gasteiger partial charge in [0.25, 0.3) is 0 Å². The Kier molecular flexibility index (Phi) is 3.65. The smallest absolute Gasteiger partial charge is 0.305 e. The molecule has 0 spiro atoms. The van der Waals surface area contributed by atoms with Crippen LogP contribution < -0.4 is 5.73 Å². The van der Waals surface area contributed by atoms with Crippen LogP contribution >= 0.6 is 0 Å². The SMILES string of the molecule is NC(CC(=O)O)c1ccc(CO)c(O)c1. The van der Waals surface area contributed by atoms with Gasteiger partial charge in [-0.25, -0.2) is 0 Å². The average molecular weight is 211 g/mol. The summed E-state index contributed by atoms with van der Waals surface area (Å²) < 4.78 is 0. The Morgan fingerprint density at radius 2 is 2.13 bits per heavy atom. The summed E-state index contributed by atoms with van der Waals surface area (Å²) in [5.41, 5.74) is 6.53. The standard InChI is InChI=1S/C10H13NO4/c11-8(4-10(14)15)6-1-2-7(5-12)9(13)3-6/h1-3,8,12-13H,4-5,11H2,(H,14,15). The van der Waals surface area contributed by atoms with Crippen LogP contribution in [0.1, 0.15) is 23.6 Å². The van der Waals surface area contributed by atoms with Gasteiger partial charge in [0.1, 0.15) is 5.75 Å². The Morgan fingerprint density at radius 3 is 2.60 bits per heavy atom. The molecule has 5 heteroatoms. The molecule has 0 aliphatic rings. The van der Waals surface area contributed by atoms with Gasteiger partial charge in [-0.05, 0) is 11.6 Å². The lowest BCUT2D eigenvalue weighted by Crippen LogP contribution is -2.14. The monoisotopic (exact) mass is 211 g/mol. The van der Waals surface area contributed by atoms with Gasteiger partial charge >= 0.3 is 5.97 Å². The molecule has 15 heavy (non-hydrogen) atoms. The van der Waals surface area contributed by atoms with Crippen LogP contribution in [0.3, 0.4) is 0 Å². The van der Waals surface area contributed by atoms with Crippen molar-refractivity contribution >= 4 is 5.97 Å². The molecule has 0 amide bonds. The molecule has 1 unspecified atom stereocenters. The molecule has 1 atom stereocenters. The molecule has 82 valence electrons. The van der Waals surface area contributed by atoms with Gasteiger partial charge in [0.05, 0.1) is 13.0 Å². The maximum atomic E-state index is 10.4. The van der Waals surface area contributed by atoms with Gasteiger partial charge in [0.15, 0.2) is 0 Å². The Morgan fingerprint density at radius 1 is 1.47 bits per heavy atom. The maximum Gasteiger partial charge on any atom is 0.305 e. The van der Waals surface area contributed by atoms with E-state index in [1.165, 1.54) is 12.1 Å². The third-order valence-electron chi connectivity index (χ3n) is 2.10. The molecule has 0 radical (unpaired) electrons. The van der Waals surface area contributed by atoms with Gasteiger partial charge < -0.3 is 21.1 Å². The van der Waals surface area contributed by atoms with E-state index in [1.54, 1.807) is 6.07 Å². The van der Waals surface area contributed by atoms with Gasteiger partial charge in [-0.2, -0.15) is 0 Å². The number of phenols is 1. The summed E-state index contributed by atoms with van der Waals surface area (Å²) in [6.07, 6.45) is -0.197. The lowest BCUT2D eigenvalue weighted by Gasteiger charge is -2.10. The molecular weight excluding hydrogens is 198 g/mol. The summed E-state index contributed by atoms with van der Waals surface area (Å²) in [7, 11) is 0. The van der Waals surface area contributed by atoms with Crippen molar-refractivity contribution < 1.29 is 20.1 Å². The molecule has 0 fully saturated rings. The molecule has 5 nitrogen and oxygen atoms in total. The number of carboxylic acid groups (broad SMARTS) is 1. The molecular formula is C10H13NO4.